The van der Waals surface area contributed by atoms with Gasteiger partial charge in [0.25, 0.3) is 0 Å². The first kappa shape index (κ1) is 31.1. The van der Waals surface area contributed by atoms with Crippen molar-refractivity contribution in [1.82, 2.24) is 5.32 Å². The fourth-order valence-electron chi connectivity index (χ4n) is 4.25. The van der Waals surface area contributed by atoms with Crippen molar-refractivity contribution in [3.63, 3.8) is 0 Å². The second-order valence-corrected chi connectivity index (χ2v) is 10.2. The molecule has 0 saturated carbocycles. The van der Waals surface area contributed by atoms with Crippen LogP contribution in [0, 0.1) is 0 Å². The number of hydrogen-bond donors (Lipinski definition) is 6. The molecule has 0 aromatic carbocycles. The van der Waals surface area contributed by atoms with E-state index in [2.05, 4.69) is 16.8 Å². The number of phosphoric acid groups is 1. The molecule has 1 saturated heterocycles. The summed E-state index contributed by atoms with van der Waals surface area (Å²) in [4.78, 5) is 43.0. The Morgan fingerprint density at radius 1 is 1.00 bits per heavy atom. The lowest BCUT2D eigenvalue weighted by molar-refractivity contribution is -0.274. The molecule has 0 aliphatic carbocycles. The molecule has 5 atom stereocenters. The Hall–Kier alpha value is -0.910. The van der Waals surface area contributed by atoms with E-state index in [1.165, 1.54) is 38.5 Å². The van der Waals surface area contributed by atoms with Crippen molar-refractivity contribution < 1.29 is 48.5 Å². The first-order valence-corrected chi connectivity index (χ1v) is 13.7. The van der Waals surface area contributed by atoms with Gasteiger partial charge in [-0.2, -0.15) is 0 Å². The molecule has 0 aromatic heterocycles. The average molecular weight is 512 g/mol. The molecule has 11 nitrogen and oxygen atoms in total. The number of aliphatic hydroxyl groups excluding tert-OH is 2. The predicted molar refractivity (Wildman–Crippen MR) is 124 cm³/mol. The van der Waals surface area contributed by atoms with Crippen LogP contribution < -0.4 is 5.32 Å². The van der Waals surface area contributed by atoms with Gasteiger partial charge in [0, 0.05) is 13.3 Å². The second-order valence-electron chi connectivity index (χ2n) is 8.98. The van der Waals surface area contributed by atoms with E-state index in [4.69, 9.17) is 4.74 Å². The van der Waals surface area contributed by atoms with Crippen LogP contribution in [0.4, 0.5) is 0 Å². The van der Waals surface area contributed by atoms with Crippen molar-refractivity contribution in [2.24, 2.45) is 0 Å². The number of phosphoric ester groups is 1. The monoisotopic (exact) mass is 511 g/mol. The van der Waals surface area contributed by atoms with Crippen LogP contribution in [-0.4, -0.2) is 73.5 Å². The Morgan fingerprint density at radius 2 is 1.50 bits per heavy atom. The number of aliphatic hydroxyl groups is 3. The molecule has 12 heteroatoms. The van der Waals surface area contributed by atoms with E-state index in [9.17, 15) is 39.3 Å². The summed E-state index contributed by atoms with van der Waals surface area (Å²) >= 11 is 0. The van der Waals surface area contributed by atoms with Gasteiger partial charge in [-0.05, 0) is 6.42 Å². The summed E-state index contributed by atoms with van der Waals surface area (Å²) < 4.78 is 21.0. The van der Waals surface area contributed by atoms with Gasteiger partial charge in [0.2, 0.25) is 5.91 Å². The number of amides is 1. The molecule has 0 bridgehead atoms. The fraction of sp³-hybridized carbons (Fsp3) is 0.909. The van der Waals surface area contributed by atoms with Crippen molar-refractivity contribution in [3.05, 3.63) is 0 Å². The molecule has 1 amide bonds. The van der Waals surface area contributed by atoms with Gasteiger partial charge in [-0.25, -0.2) is 4.57 Å². The highest BCUT2D eigenvalue weighted by molar-refractivity contribution is 7.46. The van der Waals surface area contributed by atoms with Crippen molar-refractivity contribution in [3.8, 4) is 0 Å². The highest BCUT2D eigenvalue weighted by Crippen LogP contribution is 2.43. The highest BCUT2D eigenvalue weighted by Gasteiger charge is 2.60. The number of unbranched alkanes of at least 4 members (excludes halogenated alkanes) is 10. The molecule has 1 rings (SSSR count). The lowest BCUT2D eigenvalue weighted by Crippen LogP contribution is -2.74. The minimum atomic E-state index is -5.17. The topological polar surface area (TPSA) is 183 Å². The third-order valence-corrected chi connectivity index (χ3v) is 6.57. The van der Waals surface area contributed by atoms with E-state index in [0.29, 0.717) is 6.42 Å². The first-order chi connectivity index (χ1) is 16.0. The smallest absolute Gasteiger partial charge is 0.394 e. The molecule has 1 heterocycles. The van der Waals surface area contributed by atoms with Gasteiger partial charge < -0.3 is 35.2 Å². The molecule has 1 fully saturated rings. The van der Waals surface area contributed by atoms with Crippen LogP contribution in [-0.2, 0) is 23.4 Å². The molecule has 0 spiro atoms. The molecule has 0 radical (unpaired) electrons. The zero-order valence-corrected chi connectivity index (χ0v) is 21.1. The summed E-state index contributed by atoms with van der Waals surface area (Å²) in [5, 5.41) is 33.5. The standard InChI is InChI=1S/C22H42NO10P/c1-3-4-5-6-7-8-9-10-11-12-13-14-18(26)22(28)19(23-16(2)25)21(33-34(29,30)31)32-17(15-24)20(22)27/h17,19-21,24,27-28H,3-15H2,1-2H3,(H,23,25)(H2,29,30,31)/t17-,19-,20-,21+,22-/m1/s1. The van der Waals surface area contributed by atoms with E-state index in [0.717, 1.165) is 32.6 Å². The SMILES string of the molecule is CCCCCCCCCCCCCC(=O)[C@]1(O)[C@H](O)[C@@H](CO)O[C@@H](OP(=O)(O)O)[C@H]1NC(C)=O. The molecular formula is C22H42NO10P. The Balaban J connectivity index is 2.69. The fourth-order valence-corrected chi connectivity index (χ4v) is 4.69. The molecule has 1 aliphatic heterocycles. The van der Waals surface area contributed by atoms with Crippen LogP contribution in [0.1, 0.15) is 90.9 Å². The average Bonchev–Trinajstić information content (AvgIpc) is 2.75. The number of nitrogens with one attached hydrogen (secondary N) is 1. The van der Waals surface area contributed by atoms with Crippen LogP contribution in [0.15, 0.2) is 0 Å². The minimum absolute atomic E-state index is 0.137. The van der Waals surface area contributed by atoms with Crippen LogP contribution in [0.25, 0.3) is 0 Å². The lowest BCUT2D eigenvalue weighted by Gasteiger charge is -2.48. The maximum Gasteiger partial charge on any atom is 0.472 e. The van der Waals surface area contributed by atoms with Crippen molar-refractivity contribution >= 4 is 19.5 Å². The van der Waals surface area contributed by atoms with E-state index >= 15 is 0 Å². The van der Waals surface area contributed by atoms with Gasteiger partial charge in [0.05, 0.1) is 6.61 Å². The lowest BCUT2D eigenvalue weighted by atomic mass is 9.77. The predicted octanol–water partition coefficient (Wildman–Crippen LogP) is 1.68. The normalized spacial score (nSPS) is 27.5. The van der Waals surface area contributed by atoms with Crippen molar-refractivity contribution in [1.29, 1.82) is 0 Å². The van der Waals surface area contributed by atoms with Crippen LogP contribution in [0.3, 0.4) is 0 Å². The van der Waals surface area contributed by atoms with Gasteiger partial charge in [-0.15, -0.1) is 0 Å². The highest BCUT2D eigenvalue weighted by atomic mass is 31.2. The first-order valence-electron chi connectivity index (χ1n) is 12.2. The van der Waals surface area contributed by atoms with Crippen LogP contribution >= 0.6 is 7.82 Å². The molecule has 1 aliphatic rings. The third-order valence-electron chi connectivity index (χ3n) is 6.09. The number of ether oxygens (including phenoxy) is 1. The summed E-state index contributed by atoms with van der Waals surface area (Å²) in [5.41, 5.74) is -2.67. The summed E-state index contributed by atoms with van der Waals surface area (Å²) in [6.45, 7) is 2.39. The molecule has 34 heavy (non-hydrogen) atoms. The Kier molecular flexibility index (Phi) is 14.0. The summed E-state index contributed by atoms with van der Waals surface area (Å²) in [6, 6.07) is -1.80. The number of carbonyl (C=O) groups excluding carboxylic acids is 2. The molecule has 6 N–H and O–H groups in total. The van der Waals surface area contributed by atoms with E-state index in [1.807, 2.05) is 0 Å². The number of ketones is 1. The third kappa shape index (κ3) is 9.99. The van der Waals surface area contributed by atoms with E-state index in [-0.39, 0.29) is 6.42 Å². The minimum Gasteiger partial charge on any atom is -0.394 e. The van der Waals surface area contributed by atoms with E-state index in [1.54, 1.807) is 0 Å². The van der Waals surface area contributed by atoms with Crippen molar-refractivity contribution in [2.75, 3.05) is 6.61 Å². The summed E-state index contributed by atoms with van der Waals surface area (Å²) in [6.07, 6.45) is 5.99. The number of rotatable bonds is 17. The zero-order valence-electron chi connectivity index (χ0n) is 20.2. The van der Waals surface area contributed by atoms with Gasteiger partial charge in [0.1, 0.15) is 18.2 Å². The molecule has 0 unspecified atom stereocenters. The van der Waals surface area contributed by atoms with E-state index < -0.39 is 56.3 Å². The maximum absolute atomic E-state index is 13.0. The number of carbonyl (C=O) groups is 2. The van der Waals surface area contributed by atoms with Crippen LogP contribution in [0.5, 0.6) is 0 Å². The summed E-state index contributed by atoms with van der Waals surface area (Å²) in [7, 11) is -5.17. The van der Waals surface area contributed by atoms with Gasteiger partial charge in [-0.1, -0.05) is 71.1 Å². The maximum atomic E-state index is 13.0. The summed E-state index contributed by atoms with van der Waals surface area (Å²) in [5.74, 6) is -1.58. The zero-order chi connectivity index (χ0) is 25.8. The number of hydrogen-bond acceptors (Lipinski definition) is 8. The Labute approximate surface area is 201 Å². The Bertz CT molecular complexity index is 672. The quantitative estimate of drug-likeness (QED) is 0.124. The second kappa shape index (κ2) is 15.3. The largest absolute Gasteiger partial charge is 0.472 e. The Morgan fingerprint density at radius 3 is 1.94 bits per heavy atom. The number of Topliss-reactive ketones (excluding diaryl/α,β-unsaturated/α-hetero) is 1. The molecular weight excluding hydrogens is 469 g/mol. The van der Waals surface area contributed by atoms with Gasteiger partial charge in [-0.3, -0.25) is 14.1 Å². The van der Waals surface area contributed by atoms with Crippen LogP contribution in [0.2, 0.25) is 0 Å². The van der Waals surface area contributed by atoms with Crippen molar-refractivity contribution in [2.45, 2.75) is 121 Å². The van der Waals surface area contributed by atoms with Gasteiger partial charge in [0.15, 0.2) is 17.7 Å². The van der Waals surface area contributed by atoms with Gasteiger partial charge >= 0.3 is 7.82 Å². The molecule has 200 valence electrons. The molecule has 0 aromatic rings.